The van der Waals surface area contributed by atoms with E-state index in [-0.39, 0.29) is 5.92 Å². The molecule has 1 saturated heterocycles. The number of rotatable bonds is 4. The fourth-order valence-electron chi connectivity index (χ4n) is 2.14. The van der Waals surface area contributed by atoms with Crippen LogP contribution in [0.3, 0.4) is 0 Å². The van der Waals surface area contributed by atoms with E-state index in [9.17, 15) is 4.79 Å². The first-order valence-corrected chi connectivity index (χ1v) is 6.16. The van der Waals surface area contributed by atoms with Crippen molar-refractivity contribution in [2.75, 3.05) is 33.2 Å². The summed E-state index contributed by atoms with van der Waals surface area (Å²) < 4.78 is 0. The molecule has 0 N–H and O–H groups in total. The van der Waals surface area contributed by atoms with E-state index in [0.717, 1.165) is 45.4 Å². The lowest BCUT2D eigenvalue weighted by atomic mass is 9.99. The summed E-state index contributed by atoms with van der Waals surface area (Å²) in [4.78, 5) is 16.5. The minimum Gasteiger partial charge on any atom is -0.340 e. The average Bonchev–Trinajstić information content (AvgIpc) is 2.26. The maximum absolute atomic E-state index is 12.1. The van der Waals surface area contributed by atoms with Crippen molar-refractivity contribution in [2.45, 2.75) is 33.1 Å². The fraction of sp³-hybridized carbons (Fsp3) is 0.917. The SMILES string of the molecule is CCC[C@@H](CC)C(=O)N1CCN(C)CC1. The normalized spacial score (nSPS) is 20.3. The minimum atomic E-state index is 0.262. The summed E-state index contributed by atoms with van der Waals surface area (Å²) in [6.07, 6.45) is 3.14. The molecule has 0 unspecified atom stereocenters. The average molecular weight is 212 g/mol. The Kier molecular flexibility index (Phi) is 5.09. The van der Waals surface area contributed by atoms with Gasteiger partial charge in [0.05, 0.1) is 0 Å². The molecule has 1 rings (SSSR count). The van der Waals surface area contributed by atoms with Crippen molar-refractivity contribution < 1.29 is 4.79 Å². The largest absolute Gasteiger partial charge is 0.340 e. The maximum atomic E-state index is 12.1. The lowest BCUT2D eigenvalue weighted by Gasteiger charge is -2.34. The second-order valence-corrected chi connectivity index (χ2v) is 4.52. The number of likely N-dealkylation sites (N-methyl/N-ethyl adjacent to an activating group) is 1. The Bertz CT molecular complexity index is 198. The molecule has 0 spiro atoms. The van der Waals surface area contributed by atoms with Crippen molar-refractivity contribution >= 4 is 5.91 Å². The van der Waals surface area contributed by atoms with Crippen LogP contribution in [0.2, 0.25) is 0 Å². The second-order valence-electron chi connectivity index (χ2n) is 4.52. The van der Waals surface area contributed by atoms with E-state index >= 15 is 0 Å². The standard InChI is InChI=1S/C12H24N2O/c1-4-6-11(5-2)12(15)14-9-7-13(3)8-10-14/h11H,4-10H2,1-3H3/t11-/m1/s1. The van der Waals surface area contributed by atoms with Crippen LogP contribution in [0.5, 0.6) is 0 Å². The van der Waals surface area contributed by atoms with Crippen LogP contribution in [0.4, 0.5) is 0 Å². The van der Waals surface area contributed by atoms with Crippen LogP contribution in [0.1, 0.15) is 33.1 Å². The van der Waals surface area contributed by atoms with E-state index in [1.54, 1.807) is 0 Å². The van der Waals surface area contributed by atoms with Crippen molar-refractivity contribution in [3.05, 3.63) is 0 Å². The Hall–Kier alpha value is -0.570. The maximum Gasteiger partial charge on any atom is 0.225 e. The Morgan fingerprint density at radius 3 is 2.27 bits per heavy atom. The van der Waals surface area contributed by atoms with Gasteiger partial charge in [0.15, 0.2) is 0 Å². The van der Waals surface area contributed by atoms with Gasteiger partial charge in [-0.2, -0.15) is 0 Å². The van der Waals surface area contributed by atoms with Crippen LogP contribution in [0.15, 0.2) is 0 Å². The zero-order valence-electron chi connectivity index (χ0n) is 10.3. The molecule has 1 heterocycles. The number of carbonyl (C=O) groups is 1. The van der Waals surface area contributed by atoms with Crippen LogP contribution in [0.25, 0.3) is 0 Å². The van der Waals surface area contributed by atoms with Crippen molar-refractivity contribution in [2.24, 2.45) is 5.92 Å². The molecule has 0 aromatic heterocycles. The van der Waals surface area contributed by atoms with Crippen LogP contribution < -0.4 is 0 Å². The lowest BCUT2D eigenvalue weighted by Crippen LogP contribution is -2.49. The van der Waals surface area contributed by atoms with Gasteiger partial charge in [0.25, 0.3) is 0 Å². The highest BCUT2D eigenvalue weighted by Crippen LogP contribution is 2.15. The van der Waals surface area contributed by atoms with Gasteiger partial charge < -0.3 is 9.80 Å². The number of carbonyl (C=O) groups excluding carboxylic acids is 1. The van der Waals surface area contributed by atoms with E-state index in [1.807, 2.05) is 4.90 Å². The molecular formula is C12H24N2O. The molecule has 15 heavy (non-hydrogen) atoms. The predicted octanol–water partition coefficient (Wildman–Crippen LogP) is 1.59. The van der Waals surface area contributed by atoms with E-state index < -0.39 is 0 Å². The topological polar surface area (TPSA) is 23.6 Å². The Balaban J connectivity index is 2.44. The zero-order chi connectivity index (χ0) is 11.3. The van der Waals surface area contributed by atoms with Gasteiger partial charge in [-0.1, -0.05) is 20.3 Å². The van der Waals surface area contributed by atoms with Gasteiger partial charge in [0, 0.05) is 32.1 Å². The molecule has 88 valence electrons. The Morgan fingerprint density at radius 2 is 1.80 bits per heavy atom. The molecule has 1 fully saturated rings. The van der Waals surface area contributed by atoms with Crippen LogP contribution in [-0.2, 0) is 4.79 Å². The fourth-order valence-corrected chi connectivity index (χ4v) is 2.14. The number of amides is 1. The minimum absolute atomic E-state index is 0.262. The molecule has 0 saturated carbocycles. The molecule has 0 aliphatic carbocycles. The quantitative estimate of drug-likeness (QED) is 0.706. The summed E-state index contributed by atoms with van der Waals surface area (Å²) in [6.45, 7) is 8.14. The summed E-state index contributed by atoms with van der Waals surface area (Å²) in [5.41, 5.74) is 0. The summed E-state index contributed by atoms with van der Waals surface area (Å²) in [5.74, 6) is 0.644. The van der Waals surface area contributed by atoms with E-state index in [1.165, 1.54) is 0 Å². The van der Waals surface area contributed by atoms with E-state index in [0.29, 0.717) is 5.91 Å². The summed E-state index contributed by atoms with van der Waals surface area (Å²) >= 11 is 0. The first-order chi connectivity index (χ1) is 7.19. The summed E-state index contributed by atoms with van der Waals surface area (Å²) in [6, 6.07) is 0. The zero-order valence-corrected chi connectivity index (χ0v) is 10.3. The molecule has 1 aliphatic heterocycles. The highest BCUT2D eigenvalue weighted by Gasteiger charge is 2.24. The molecular weight excluding hydrogens is 188 g/mol. The van der Waals surface area contributed by atoms with Crippen LogP contribution >= 0.6 is 0 Å². The van der Waals surface area contributed by atoms with Gasteiger partial charge >= 0.3 is 0 Å². The van der Waals surface area contributed by atoms with Gasteiger partial charge in [-0.15, -0.1) is 0 Å². The molecule has 1 atom stereocenters. The van der Waals surface area contributed by atoms with Crippen LogP contribution in [0, 0.1) is 5.92 Å². The molecule has 3 heteroatoms. The first-order valence-electron chi connectivity index (χ1n) is 6.16. The highest BCUT2D eigenvalue weighted by molar-refractivity contribution is 5.78. The van der Waals surface area contributed by atoms with Crippen LogP contribution in [-0.4, -0.2) is 48.9 Å². The van der Waals surface area contributed by atoms with Crippen molar-refractivity contribution in [3.63, 3.8) is 0 Å². The van der Waals surface area contributed by atoms with Crippen molar-refractivity contribution in [1.29, 1.82) is 0 Å². The first kappa shape index (κ1) is 12.5. The number of hydrogen-bond donors (Lipinski definition) is 0. The summed E-state index contributed by atoms with van der Waals surface area (Å²) in [7, 11) is 2.12. The molecule has 0 bridgehead atoms. The van der Waals surface area contributed by atoms with E-state index in [2.05, 4.69) is 25.8 Å². The van der Waals surface area contributed by atoms with Gasteiger partial charge in [0.2, 0.25) is 5.91 Å². The highest BCUT2D eigenvalue weighted by atomic mass is 16.2. The number of nitrogens with zero attached hydrogens (tertiary/aromatic N) is 2. The van der Waals surface area contributed by atoms with Gasteiger partial charge in [-0.3, -0.25) is 4.79 Å². The molecule has 1 amide bonds. The smallest absolute Gasteiger partial charge is 0.225 e. The third-order valence-electron chi connectivity index (χ3n) is 3.29. The Morgan fingerprint density at radius 1 is 1.20 bits per heavy atom. The second kappa shape index (κ2) is 6.11. The van der Waals surface area contributed by atoms with Gasteiger partial charge in [0.1, 0.15) is 0 Å². The monoisotopic (exact) mass is 212 g/mol. The molecule has 0 radical (unpaired) electrons. The van der Waals surface area contributed by atoms with E-state index in [4.69, 9.17) is 0 Å². The number of piperazine rings is 1. The molecule has 3 nitrogen and oxygen atoms in total. The third kappa shape index (κ3) is 3.49. The number of hydrogen-bond acceptors (Lipinski definition) is 2. The summed E-state index contributed by atoms with van der Waals surface area (Å²) in [5, 5.41) is 0. The van der Waals surface area contributed by atoms with Crippen molar-refractivity contribution in [1.82, 2.24) is 9.80 Å². The van der Waals surface area contributed by atoms with Gasteiger partial charge in [-0.25, -0.2) is 0 Å². The third-order valence-corrected chi connectivity index (χ3v) is 3.29. The lowest BCUT2D eigenvalue weighted by molar-refractivity contribution is -0.137. The van der Waals surface area contributed by atoms with Crippen molar-refractivity contribution in [3.8, 4) is 0 Å². The molecule has 0 aromatic rings. The molecule has 0 aromatic carbocycles. The predicted molar refractivity (Wildman–Crippen MR) is 62.8 cm³/mol. The van der Waals surface area contributed by atoms with Gasteiger partial charge in [-0.05, 0) is 19.9 Å². The molecule has 1 aliphatic rings. The Labute approximate surface area is 93.4 Å².